The standard InChI is InChI=1S/C13H13BrF3NO/c14-11-6-5-8(7-10(11)13(15,16)17)12(19)18-9-3-1-2-4-9/h5-7,9H,1-4H2,(H,18,19). The molecule has 0 aromatic heterocycles. The van der Waals surface area contributed by atoms with Crippen LogP contribution in [0.25, 0.3) is 0 Å². The Labute approximate surface area is 117 Å². The number of nitrogens with one attached hydrogen (secondary N) is 1. The van der Waals surface area contributed by atoms with Crippen LogP contribution in [0.1, 0.15) is 41.6 Å². The Hall–Kier alpha value is -1.04. The van der Waals surface area contributed by atoms with E-state index >= 15 is 0 Å². The van der Waals surface area contributed by atoms with Crippen molar-refractivity contribution in [1.29, 1.82) is 0 Å². The van der Waals surface area contributed by atoms with E-state index in [4.69, 9.17) is 0 Å². The van der Waals surface area contributed by atoms with Gasteiger partial charge >= 0.3 is 6.18 Å². The normalized spacial score (nSPS) is 16.6. The summed E-state index contributed by atoms with van der Waals surface area (Å²) in [6.45, 7) is 0. The molecule has 1 amide bonds. The molecule has 19 heavy (non-hydrogen) atoms. The maximum atomic E-state index is 12.7. The monoisotopic (exact) mass is 335 g/mol. The summed E-state index contributed by atoms with van der Waals surface area (Å²) in [6, 6.07) is 3.62. The molecule has 1 aliphatic rings. The van der Waals surface area contributed by atoms with E-state index < -0.39 is 17.6 Å². The second-order valence-electron chi connectivity index (χ2n) is 4.65. The molecule has 2 nitrogen and oxygen atoms in total. The minimum atomic E-state index is -4.47. The minimum absolute atomic E-state index is 0.0439. The van der Waals surface area contributed by atoms with Crippen LogP contribution in [-0.4, -0.2) is 11.9 Å². The van der Waals surface area contributed by atoms with Crippen molar-refractivity contribution in [3.05, 3.63) is 33.8 Å². The summed E-state index contributed by atoms with van der Waals surface area (Å²) in [4.78, 5) is 11.9. The van der Waals surface area contributed by atoms with Crippen LogP contribution in [0.2, 0.25) is 0 Å². The molecule has 0 spiro atoms. The first-order valence-corrected chi connectivity index (χ1v) is 6.85. The predicted molar refractivity (Wildman–Crippen MR) is 68.9 cm³/mol. The summed E-state index contributed by atoms with van der Waals surface area (Å²) in [5.74, 6) is -0.440. The molecule has 2 rings (SSSR count). The lowest BCUT2D eigenvalue weighted by Crippen LogP contribution is -2.32. The highest BCUT2D eigenvalue weighted by atomic mass is 79.9. The van der Waals surface area contributed by atoms with Gasteiger partial charge in [0.2, 0.25) is 0 Å². The molecule has 1 aromatic carbocycles. The number of alkyl halides is 3. The zero-order chi connectivity index (χ0) is 14.0. The van der Waals surface area contributed by atoms with Gasteiger partial charge < -0.3 is 5.32 Å². The van der Waals surface area contributed by atoms with Gasteiger partial charge in [0, 0.05) is 16.1 Å². The maximum absolute atomic E-state index is 12.7. The highest BCUT2D eigenvalue weighted by molar-refractivity contribution is 9.10. The van der Waals surface area contributed by atoms with Gasteiger partial charge in [0.15, 0.2) is 0 Å². The Bertz CT molecular complexity index is 481. The average Bonchev–Trinajstić information content (AvgIpc) is 2.80. The molecule has 0 radical (unpaired) electrons. The van der Waals surface area contributed by atoms with E-state index in [-0.39, 0.29) is 16.1 Å². The molecule has 1 aromatic rings. The molecule has 0 atom stereocenters. The van der Waals surface area contributed by atoms with Gasteiger partial charge in [-0.1, -0.05) is 28.8 Å². The van der Waals surface area contributed by atoms with Crippen LogP contribution in [-0.2, 0) is 6.18 Å². The van der Waals surface area contributed by atoms with Crippen molar-refractivity contribution in [3.8, 4) is 0 Å². The third-order valence-corrected chi connectivity index (χ3v) is 3.92. The van der Waals surface area contributed by atoms with E-state index in [0.717, 1.165) is 31.7 Å². The van der Waals surface area contributed by atoms with Crippen LogP contribution in [0.15, 0.2) is 22.7 Å². The molecule has 6 heteroatoms. The minimum Gasteiger partial charge on any atom is -0.349 e. The number of hydrogen-bond donors (Lipinski definition) is 1. The number of carbonyl (C=O) groups is 1. The Morgan fingerprint density at radius 1 is 1.26 bits per heavy atom. The molecule has 104 valence electrons. The van der Waals surface area contributed by atoms with Gasteiger partial charge in [-0.15, -0.1) is 0 Å². The SMILES string of the molecule is O=C(NC1CCCC1)c1ccc(Br)c(C(F)(F)F)c1. The molecule has 0 heterocycles. The van der Waals surface area contributed by atoms with Crippen LogP contribution in [0.5, 0.6) is 0 Å². The van der Waals surface area contributed by atoms with Gasteiger partial charge in [0.05, 0.1) is 5.56 Å². The third-order valence-electron chi connectivity index (χ3n) is 3.22. The van der Waals surface area contributed by atoms with Crippen LogP contribution in [0.3, 0.4) is 0 Å². The van der Waals surface area contributed by atoms with E-state index in [1.54, 1.807) is 0 Å². The molecule has 0 unspecified atom stereocenters. The summed E-state index contributed by atoms with van der Waals surface area (Å²) >= 11 is 2.85. The molecule has 0 bridgehead atoms. The van der Waals surface area contributed by atoms with Gasteiger partial charge in [-0.25, -0.2) is 0 Å². The van der Waals surface area contributed by atoms with E-state index in [1.807, 2.05) is 0 Å². The van der Waals surface area contributed by atoms with Crippen molar-refractivity contribution in [2.75, 3.05) is 0 Å². The maximum Gasteiger partial charge on any atom is 0.417 e. The highest BCUT2D eigenvalue weighted by Gasteiger charge is 2.33. The number of benzene rings is 1. The summed E-state index contributed by atoms with van der Waals surface area (Å²) in [5, 5.41) is 2.77. The number of rotatable bonds is 2. The quantitative estimate of drug-likeness (QED) is 0.864. The molecule has 1 aliphatic carbocycles. The molecule has 1 N–H and O–H groups in total. The van der Waals surface area contributed by atoms with Gasteiger partial charge in [-0.3, -0.25) is 4.79 Å². The first-order valence-electron chi connectivity index (χ1n) is 6.05. The van der Waals surface area contributed by atoms with Crippen molar-refractivity contribution in [2.45, 2.75) is 37.9 Å². The second kappa shape index (κ2) is 5.53. The first-order chi connectivity index (χ1) is 8.88. The lowest BCUT2D eigenvalue weighted by atomic mass is 10.1. The summed E-state index contributed by atoms with van der Waals surface area (Å²) in [5.41, 5.74) is -0.783. The van der Waals surface area contributed by atoms with E-state index in [2.05, 4.69) is 21.2 Å². The lowest BCUT2D eigenvalue weighted by molar-refractivity contribution is -0.138. The zero-order valence-corrected chi connectivity index (χ0v) is 11.6. The first kappa shape index (κ1) is 14.4. The predicted octanol–water partition coefficient (Wildman–Crippen LogP) is 4.14. The number of amides is 1. The Morgan fingerprint density at radius 3 is 2.47 bits per heavy atom. The van der Waals surface area contributed by atoms with Gasteiger partial charge in [-0.2, -0.15) is 13.2 Å². The largest absolute Gasteiger partial charge is 0.417 e. The fourth-order valence-electron chi connectivity index (χ4n) is 2.22. The van der Waals surface area contributed by atoms with Crippen LogP contribution in [0.4, 0.5) is 13.2 Å². The summed E-state index contributed by atoms with van der Waals surface area (Å²) in [6.07, 6.45) is -0.566. The van der Waals surface area contributed by atoms with E-state index in [9.17, 15) is 18.0 Å². The zero-order valence-electron chi connectivity index (χ0n) is 10.1. The van der Waals surface area contributed by atoms with E-state index in [0.29, 0.717) is 0 Å². The molecule has 1 fully saturated rings. The number of halogens is 4. The van der Waals surface area contributed by atoms with Crippen molar-refractivity contribution in [2.24, 2.45) is 0 Å². The Kier molecular flexibility index (Phi) is 4.18. The molecular weight excluding hydrogens is 323 g/mol. The fourth-order valence-corrected chi connectivity index (χ4v) is 2.69. The van der Waals surface area contributed by atoms with Crippen molar-refractivity contribution >= 4 is 21.8 Å². The average molecular weight is 336 g/mol. The topological polar surface area (TPSA) is 29.1 Å². The lowest BCUT2D eigenvalue weighted by Gasteiger charge is -2.14. The molecule has 0 aliphatic heterocycles. The molecule has 1 saturated carbocycles. The Balaban J connectivity index is 2.18. The highest BCUT2D eigenvalue weighted by Crippen LogP contribution is 2.35. The number of hydrogen-bond acceptors (Lipinski definition) is 1. The third kappa shape index (κ3) is 3.49. The van der Waals surface area contributed by atoms with Crippen LogP contribution >= 0.6 is 15.9 Å². The molecular formula is C13H13BrF3NO. The second-order valence-corrected chi connectivity index (χ2v) is 5.50. The summed E-state index contributed by atoms with van der Waals surface area (Å²) in [7, 11) is 0. The van der Waals surface area contributed by atoms with Crippen LogP contribution in [0, 0.1) is 0 Å². The number of carbonyl (C=O) groups excluding carboxylic acids is 1. The van der Waals surface area contributed by atoms with Crippen LogP contribution < -0.4 is 5.32 Å². The smallest absolute Gasteiger partial charge is 0.349 e. The van der Waals surface area contributed by atoms with Gasteiger partial charge in [-0.05, 0) is 31.0 Å². The Morgan fingerprint density at radius 2 is 1.89 bits per heavy atom. The fraction of sp³-hybridized carbons (Fsp3) is 0.462. The molecule has 0 saturated heterocycles. The van der Waals surface area contributed by atoms with Crippen molar-refractivity contribution < 1.29 is 18.0 Å². The van der Waals surface area contributed by atoms with Gasteiger partial charge in [0.1, 0.15) is 0 Å². The van der Waals surface area contributed by atoms with Gasteiger partial charge in [0.25, 0.3) is 5.91 Å². The van der Waals surface area contributed by atoms with Crippen molar-refractivity contribution in [3.63, 3.8) is 0 Å². The van der Waals surface area contributed by atoms with Crippen molar-refractivity contribution in [1.82, 2.24) is 5.32 Å². The van der Waals surface area contributed by atoms with E-state index in [1.165, 1.54) is 12.1 Å². The summed E-state index contributed by atoms with van der Waals surface area (Å²) < 4.78 is 38.1.